The quantitative estimate of drug-likeness (QED) is 0.768. The smallest absolute Gasteiger partial charge is 0.233 e. The van der Waals surface area contributed by atoms with E-state index in [0.29, 0.717) is 12.5 Å². The third-order valence-corrected chi connectivity index (χ3v) is 5.50. The standard InChI is InChI=1S/C15H23NO3/c1-2-10-7-11-12(8-10)14(19)16(13(11)18)9-15(3-4-15)5-6-17/h10-12,17H,2-9H2,1H3. The molecule has 2 saturated carbocycles. The van der Waals surface area contributed by atoms with Gasteiger partial charge in [-0.3, -0.25) is 14.5 Å². The van der Waals surface area contributed by atoms with Crippen LogP contribution in [0, 0.1) is 23.2 Å². The molecule has 2 amide bonds. The highest BCUT2D eigenvalue weighted by Crippen LogP contribution is 2.52. The van der Waals surface area contributed by atoms with E-state index < -0.39 is 0 Å². The Hall–Kier alpha value is -0.900. The third-order valence-electron chi connectivity index (χ3n) is 5.50. The van der Waals surface area contributed by atoms with Gasteiger partial charge in [0.25, 0.3) is 0 Å². The van der Waals surface area contributed by atoms with E-state index in [0.717, 1.165) is 38.5 Å². The first kappa shape index (κ1) is 13.1. The van der Waals surface area contributed by atoms with Crippen molar-refractivity contribution in [3.8, 4) is 0 Å². The minimum absolute atomic E-state index is 0.0395. The van der Waals surface area contributed by atoms with Crippen LogP contribution in [0.15, 0.2) is 0 Å². The Labute approximate surface area is 114 Å². The zero-order valence-electron chi connectivity index (χ0n) is 11.6. The first-order chi connectivity index (χ1) is 9.10. The van der Waals surface area contributed by atoms with E-state index >= 15 is 0 Å². The zero-order chi connectivity index (χ0) is 13.6. The number of nitrogens with zero attached hydrogens (tertiary/aromatic N) is 1. The molecule has 4 nitrogen and oxygen atoms in total. The van der Waals surface area contributed by atoms with Crippen LogP contribution >= 0.6 is 0 Å². The van der Waals surface area contributed by atoms with Crippen molar-refractivity contribution in [2.24, 2.45) is 23.2 Å². The number of fused-ring (bicyclic) bond motifs is 1. The second kappa shape index (κ2) is 4.58. The van der Waals surface area contributed by atoms with E-state index in [1.54, 1.807) is 0 Å². The van der Waals surface area contributed by atoms with Gasteiger partial charge in [-0.05, 0) is 43.4 Å². The summed E-state index contributed by atoms with van der Waals surface area (Å²) >= 11 is 0. The lowest BCUT2D eigenvalue weighted by molar-refractivity contribution is -0.141. The molecule has 3 rings (SSSR count). The van der Waals surface area contributed by atoms with Crippen molar-refractivity contribution in [3.63, 3.8) is 0 Å². The third kappa shape index (κ3) is 2.10. The van der Waals surface area contributed by atoms with Gasteiger partial charge in [0, 0.05) is 13.2 Å². The number of aliphatic hydroxyl groups excluding tert-OH is 1. The number of rotatable bonds is 5. The average molecular weight is 265 g/mol. The lowest BCUT2D eigenvalue weighted by atomic mass is 10.00. The number of carbonyl (C=O) groups excluding carboxylic acids is 2. The predicted octanol–water partition coefficient (Wildman–Crippen LogP) is 1.57. The van der Waals surface area contributed by atoms with Gasteiger partial charge < -0.3 is 5.11 Å². The maximum absolute atomic E-state index is 12.4. The molecule has 0 aromatic rings. The van der Waals surface area contributed by atoms with Crippen LogP contribution in [0.5, 0.6) is 0 Å². The molecule has 1 heterocycles. The zero-order valence-corrected chi connectivity index (χ0v) is 11.6. The van der Waals surface area contributed by atoms with Crippen LogP contribution in [-0.4, -0.2) is 35.0 Å². The van der Waals surface area contributed by atoms with Gasteiger partial charge in [-0.2, -0.15) is 0 Å². The first-order valence-corrected chi connectivity index (χ1v) is 7.56. The summed E-state index contributed by atoms with van der Waals surface area (Å²) in [6.07, 6.45) is 5.67. The van der Waals surface area contributed by atoms with E-state index in [1.807, 2.05) is 0 Å². The largest absolute Gasteiger partial charge is 0.396 e. The van der Waals surface area contributed by atoms with E-state index in [2.05, 4.69) is 6.92 Å². The SMILES string of the molecule is CCC1CC2C(=O)N(CC3(CCO)CC3)C(=O)C2C1. The molecule has 1 N–H and O–H groups in total. The molecule has 2 atom stereocenters. The second-order valence-corrected chi connectivity index (χ2v) is 6.69. The van der Waals surface area contributed by atoms with Crippen LogP contribution in [0.2, 0.25) is 0 Å². The minimum Gasteiger partial charge on any atom is -0.396 e. The van der Waals surface area contributed by atoms with Gasteiger partial charge in [0.2, 0.25) is 11.8 Å². The van der Waals surface area contributed by atoms with Gasteiger partial charge in [0.15, 0.2) is 0 Å². The van der Waals surface area contributed by atoms with Gasteiger partial charge in [0.1, 0.15) is 0 Å². The summed E-state index contributed by atoms with van der Waals surface area (Å²) < 4.78 is 0. The molecule has 0 bridgehead atoms. The molecular weight excluding hydrogens is 242 g/mol. The lowest BCUT2D eigenvalue weighted by Crippen LogP contribution is -2.37. The molecule has 1 saturated heterocycles. The van der Waals surface area contributed by atoms with Crippen LogP contribution in [-0.2, 0) is 9.59 Å². The fourth-order valence-corrected chi connectivity index (χ4v) is 3.92. The summed E-state index contributed by atoms with van der Waals surface area (Å²) in [7, 11) is 0. The highest BCUT2D eigenvalue weighted by Gasteiger charge is 2.55. The Bertz CT molecular complexity index is 378. The van der Waals surface area contributed by atoms with Crippen molar-refractivity contribution >= 4 is 11.8 Å². The first-order valence-electron chi connectivity index (χ1n) is 7.56. The van der Waals surface area contributed by atoms with Gasteiger partial charge in [-0.1, -0.05) is 13.3 Å². The number of likely N-dealkylation sites (tertiary alicyclic amines) is 1. The molecule has 106 valence electrons. The number of imide groups is 1. The van der Waals surface area contributed by atoms with Gasteiger partial charge in [-0.25, -0.2) is 0 Å². The summed E-state index contributed by atoms with van der Waals surface area (Å²) in [6, 6.07) is 0. The molecule has 0 radical (unpaired) electrons. The molecule has 1 aliphatic heterocycles. The molecule has 2 unspecified atom stereocenters. The van der Waals surface area contributed by atoms with Gasteiger partial charge in [-0.15, -0.1) is 0 Å². The average Bonchev–Trinajstić information content (AvgIpc) is 2.96. The number of aliphatic hydroxyl groups is 1. The van der Waals surface area contributed by atoms with Crippen LogP contribution in [0.25, 0.3) is 0 Å². The van der Waals surface area contributed by atoms with Crippen molar-refractivity contribution in [1.29, 1.82) is 0 Å². The number of hydrogen-bond donors (Lipinski definition) is 1. The maximum Gasteiger partial charge on any atom is 0.233 e. The van der Waals surface area contributed by atoms with Crippen LogP contribution in [0.4, 0.5) is 0 Å². The fraction of sp³-hybridized carbons (Fsp3) is 0.867. The van der Waals surface area contributed by atoms with E-state index in [9.17, 15) is 9.59 Å². The van der Waals surface area contributed by atoms with Crippen molar-refractivity contribution in [1.82, 2.24) is 4.90 Å². The normalized spacial score (nSPS) is 35.9. The molecule has 0 aromatic heterocycles. The Morgan fingerprint density at radius 1 is 1.21 bits per heavy atom. The van der Waals surface area contributed by atoms with Crippen LogP contribution < -0.4 is 0 Å². The Kier molecular flexibility index (Phi) is 3.16. The summed E-state index contributed by atoms with van der Waals surface area (Å²) in [6.45, 7) is 2.84. The summed E-state index contributed by atoms with van der Waals surface area (Å²) in [5, 5.41) is 9.09. The summed E-state index contributed by atoms with van der Waals surface area (Å²) in [5.41, 5.74) is 0.0445. The Morgan fingerprint density at radius 3 is 2.21 bits per heavy atom. The summed E-state index contributed by atoms with van der Waals surface area (Å²) in [5.74, 6) is 0.604. The van der Waals surface area contributed by atoms with Gasteiger partial charge in [0.05, 0.1) is 11.8 Å². The highest BCUT2D eigenvalue weighted by atomic mass is 16.3. The van der Waals surface area contributed by atoms with Crippen molar-refractivity contribution in [2.45, 2.75) is 45.4 Å². The fourth-order valence-electron chi connectivity index (χ4n) is 3.92. The van der Waals surface area contributed by atoms with Crippen LogP contribution in [0.1, 0.15) is 45.4 Å². The predicted molar refractivity (Wildman–Crippen MR) is 70.1 cm³/mol. The minimum atomic E-state index is -0.0395. The molecule has 3 fully saturated rings. The van der Waals surface area contributed by atoms with Gasteiger partial charge >= 0.3 is 0 Å². The molecule has 0 aromatic carbocycles. The number of hydrogen-bond acceptors (Lipinski definition) is 3. The molecule has 4 heteroatoms. The number of carbonyl (C=O) groups is 2. The molecule has 19 heavy (non-hydrogen) atoms. The van der Waals surface area contributed by atoms with E-state index in [4.69, 9.17) is 5.11 Å². The number of amides is 2. The molecule has 3 aliphatic rings. The molecular formula is C15H23NO3. The lowest BCUT2D eigenvalue weighted by Gasteiger charge is -2.23. The van der Waals surface area contributed by atoms with Crippen molar-refractivity contribution in [3.05, 3.63) is 0 Å². The Balaban J connectivity index is 1.69. The maximum atomic E-state index is 12.4. The molecule has 2 aliphatic carbocycles. The second-order valence-electron chi connectivity index (χ2n) is 6.69. The topological polar surface area (TPSA) is 57.6 Å². The molecule has 0 spiro atoms. The Morgan fingerprint density at radius 2 is 1.79 bits per heavy atom. The van der Waals surface area contributed by atoms with E-state index in [1.165, 1.54) is 4.90 Å². The highest BCUT2D eigenvalue weighted by molar-refractivity contribution is 6.05. The monoisotopic (exact) mass is 265 g/mol. The van der Waals surface area contributed by atoms with E-state index in [-0.39, 0.29) is 35.7 Å². The summed E-state index contributed by atoms with van der Waals surface area (Å²) in [4.78, 5) is 26.3. The van der Waals surface area contributed by atoms with Crippen molar-refractivity contribution in [2.75, 3.05) is 13.2 Å². The van der Waals surface area contributed by atoms with Crippen molar-refractivity contribution < 1.29 is 14.7 Å². The van der Waals surface area contributed by atoms with Crippen LogP contribution in [0.3, 0.4) is 0 Å².